The third kappa shape index (κ3) is 4.82. The lowest BCUT2D eigenvalue weighted by Crippen LogP contribution is -2.31. The molecule has 0 atom stereocenters. The Morgan fingerprint density at radius 1 is 1.04 bits per heavy atom. The summed E-state index contributed by atoms with van der Waals surface area (Å²) in [4.78, 5) is 12.1. The predicted molar refractivity (Wildman–Crippen MR) is 98.4 cm³/mol. The largest absolute Gasteiger partial charge is 0.489 e. The fourth-order valence-electron chi connectivity index (χ4n) is 2.40. The molecule has 0 aliphatic rings. The highest BCUT2D eigenvalue weighted by atomic mass is 32.2. The van der Waals surface area contributed by atoms with Crippen LogP contribution in [0.1, 0.15) is 39.5 Å². The number of ether oxygens (including phenoxy) is 1. The molecule has 0 aliphatic heterocycles. The van der Waals surface area contributed by atoms with Crippen molar-refractivity contribution in [3.05, 3.63) is 64.2 Å². The number of hydrogen-bond acceptors (Lipinski definition) is 4. The zero-order valence-electron chi connectivity index (χ0n) is 14.9. The molecule has 2 rings (SSSR count). The van der Waals surface area contributed by atoms with Crippen LogP contribution in [0.15, 0.2) is 36.4 Å². The second-order valence-corrected chi connectivity index (χ2v) is 7.98. The molecule has 0 saturated heterocycles. The van der Waals surface area contributed by atoms with Gasteiger partial charge >= 0.3 is 0 Å². The van der Waals surface area contributed by atoms with E-state index in [9.17, 15) is 13.2 Å². The molecule has 5 nitrogen and oxygen atoms in total. The van der Waals surface area contributed by atoms with Gasteiger partial charge in [-0.3, -0.25) is 4.79 Å². The topological polar surface area (TPSA) is 72.5 Å². The zero-order chi connectivity index (χ0) is 18.6. The van der Waals surface area contributed by atoms with Gasteiger partial charge in [0.05, 0.1) is 5.75 Å². The van der Waals surface area contributed by atoms with Gasteiger partial charge in [-0.1, -0.05) is 24.3 Å². The summed E-state index contributed by atoms with van der Waals surface area (Å²) in [6.07, 6.45) is 0. The first-order valence-electron chi connectivity index (χ1n) is 8.07. The first-order valence-corrected chi connectivity index (χ1v) is 9.72. The van der Waals surface area contributed by atoms with Crippen LogP contribution in [0.2, 0.25) is 0 Å². The molecular formula is C19H23NO4S. The fourth-order valence-corrected chi connectivity index (χ4v) is 2.94. The van der Waals surface area contributed by atoms with E-state index in [1.165, 1.54) is 6.92 Å². The number of nitrogens with one attached hydrogen (secondary N) is 1. The summed E-state index contributed by atoms with van der Waals surface area (Å²) in [5.41, 5.74) is 4.51. The Bertz CT molecular complexity index is 868. The minimum Gasteiger partial charge on any atom is -0.489 e. The SMILES string of the molecule is CCS(=O)(=O)NC(=O)c1ccc(C)c(OCc2c(C)cccc2C)c1. The lowest BCUT2D eigenvalue weighted by atomic mass is 10.0. The van der Waals surface area contributed by atoms with Gasteiger partial charge in [0, 0.05) is 5.56 Å². The van der Waals surface area contributed by atoms with Gasteiger partial charge in [0.1, 0.15) is 12.4 Å². The van der Waals surface area contributed by atoms with Gasteiger partial charge < -0.3 is 4.74 Å². The summed E-state index contributed by atoms with van der Waals surface area (Å²) in [5.74, 6) is -0.247. The number of amides is 1. The average Bonchev–Trinajstić information content (AvgIpc) is 2.55. The molecule has 134 valence electrons. The minimum absolute atomic E-state index is 0.152. The van der Waals surface area contributed by atoms with Crippen molar-refractivity contribution >= 4 is 15.9 Å². The standard InChI is InChI=1S/C19H23NO4S/c1-5-25(22,23)20-19(21)16-10-9-15(4)18(11-16)24-12-17-13(2)7-6-8-14(17)3/h6-11H,5,12H2,1-4H3,(H,20,21). The van der Waals surface area contributed by atoms with Gasteiger partial charge in [0.15, 0.2) is 0 Å². The van der Waals surface area contributed by atoms with E-state index in [-0.39, 0.29) is 11.3 Å². The number of aryl methyl sites for hydroxylation is 3. The van der Waals surface area contributed by atoms with E-state index in [4.69, 9.17) is 4.74 Å². The molecule has 0 spiro atoms. The van der Waals surface area contributed by atoms with Crippen molar-refractivity contribution in [2.45, 2.75) is 34.3 Å². The monoisotopic (exact) mass is 361 g/mol. The van der Waals surface area contributed by atoms with Gasteiger partial charge in [-0.15, -0.1) is 0 Å². The van der Waals surface area contributed by atoms with E-state index in [2.05, 4.69) is 0 Å². The summed E-state index contributed by atoms with van der Waals surface area (Å²) in [7, 11) is -3.60. The third-order valence-corrected chi connectivity index (χ3v) is 5.35. The van der Waals surface area contributed by atoms with Crippen LogP contribution >= 0.6 is 0 Å². The number of carbonyl (C=O) groups is 1. The summed E-state index contributed by atoms with van der Waals surface area (Å²) < 4.78 is 31.1. The summed E-state index contributed by atoms with van der Waals surface area (Å²) in [6.45, 7) is 7.79. The van der Waals surface area contributed by atoms with Gasteiger partial charge in [-0.2, -0.15) is 0 Å². The Hall–Kier alpha value is -2.34. The first-order chi connectivity index (χ1) is 11.7. The van der Waals surface area contributed by atoms with Crippen molar-refractivity contribution in [3.8, 4) is 5.75 Å². The van der Waals surface area contributed by atoms with Crippen LogP contribution in [-0.2, 0) is 16.6 Å². The minimum atomic E-state index is -3.60. The van der Waals surface area contributed by atoms with Crippen molar-refractivity contribution in [1.29, 1.82) is 0 Å². The summed E-state index contributed by atoms with van der Waals surface area (Å²) >= 11 is 0. The number of benzene rings is 2. The Balaban J connectivity index is 2.21. The molecule has 1 N–H and O–H groups in total. The van der Waals surface area contributed by atoms with Crippen LogP contribution in [-0.4, -0.2) is 20.1 Å². The molecule has 0 radical (unpaired) electrons. The van der Waals surface area contributed by atoms with E-state index in [0.717, 1.165) is 22.3 Å². The maximum Gasteiger partial charge on any atom is 0.264 e. The smallest absolute Gasteiger partial charge is 0.264 e. The maximum absolute atomic E-state index is 12.1. The number of sulfonamides is 1. The molecule has 1 amide bonds. The van der Waals surface area contributed by atoms with Crippen LogP contribution < -0.4 is 9.46 Å². The molecule has 0 unspecified atom stereocenters. The van der Waals surface area contributed by atoms with Gasteiger partial charge in [0.25, 0.3) is 5.91 Å². The molecule has 0 aromatic heterocycles. The highest BCUT2D eigenvalue weighted by Gasteiger charge is 2.15. The molecule has 0 fully saturated rings. The van der Waals surface area contributed by atoms with Crippen molar-refractivity contribution in [2.24, 2.45) is 0 Å². The first kappa shape index (κ1) is 19.0. The highest BCUT2D eigenvalue weighted by Crippen LogP contribution is 2.23. The van der Waals surface area contributed by atoms with Crippen LogP contribution in [0, 0.1) is 20.8 Å². The van der Waals surface area contributed by atoms with Gasteiger partial charge in [0.2, 0.25) is 10.0 Å². The molecule has 0 saturated carbocycles. The Morgan fingerprint density at radius 2 is 1.68 bits per heavy atom. The Morgan fingerprint density at radius 3 is 2.28 bits per heavy atom. The number of carbonyl (C=O) groups excluding carboxylic acids is 1. The van der Waals surface area contributed by atoms with Crippen LogP contribution in [0.3, 0.4) is 0 Å². The van der Waals surface area contributed by atoms with Crippen LogP contribution in [0.4, 0.5) is 0 Å². The van der Waals surface area contributed by atoms with Crippen molar-refractivity contribution in [3.63, 3.8) is 0 Å². The normalized spacial score (nSPS) is 11.2. The van der Waals surface area contributed by atoms with Crippen LogP contribution in [0.25, 0.3) is 0 Å². The van der Waals surface area contributed by atoms with Crippen molar-refractivity contribution in [2.75, 3.05) is 5.75 Å². The average molecular weight is 361 g/mol. The zero-order valence-corrected chi connectivity index (χ0v) is 15.7. The fraction of sp³-hybridized carbons (Fsp3) is 0.316. The van der Waals surface area contributed by atoms with E-state index in [0.29, 0.717) is 12.4 Å². The van der Waals surface area contributed by atoms with E-state index in [1.807, 2.05) is 43.7 Å². The molecule has 0 heterocycles. The second-order valence-electron chi connectivity index (χ2n) is 5.97. The maximum atomic E-state index is 12.1. The molecule has 2 aromatic carbocycles. The van der Waals surface area contributed by atoms with Crippen molar-refractivity contribution < 1.29 is 17.9 Å². The summed E-state index contributed by atoms with van der Waals surface area (Å²) in [6, 6.07) is 11.0. The molecule has 6 heteroatoms. The third-order valence-electron chi connectivity index (χ3n) is 4.10. The van der Waals surface area contributed by atoms with E-state index in [1.54, 1.807) is 18.2 Å². The van der Waals surface area contributed by atoms with E-state index >= 15 is 0 Å². The molecular weight excluding hydrogens is 338 g/mol. The second kappa shape index (κ2) is 7.70. The lowest BCUT2D eigenvalue weighted by Gasteiger charge is -2.14. The van der Waals surface area contributed by atoms with Gasteiger partial charge in [-0.25, -0.2) is 13.1 Å². The predicted octanol–water partition coefficient (Wildman–Crippen LogP) is 3.27. The van der Waals surface area contributed by atoms with Crippen molar-refractivity contribution in [1.82, 2.24) is 4.72 Å². The summed E-state index contributed by atoms with van der Waals surface area (Å²) in [5, 5.41) is 0. The number of rotatable bonds is 6. The number of hydrogen-bond donors (Lipinski definition) is 1. The van der Waals surface area contributed by atoms with Crippen LogP contribution in [0.5, 0.6) is 5.75 Å². The molecule has 0 aliphatic carbocycles. The quantitative estimate of drug-likeness (QED) is 0.857. The molecule has 25 heavy (non-hydrogen) atoms. The highest BCUT2D eigenvalue weighted by molar-refractivity contribution is 7.90. The molecule has 2 aromatic rings. The Labute approximate surface area is 149 Å². The molecule has 0 bridgehead atoms. The van der Waals surface area contributed by atoms with E-state index < -0.39 is 15.9 Å². The Kier molecular flexibility index (Phi) is 5.85. The lowest BCUT2D eigenvalue weighted by molar-refractivity contribution is 0.0981. The van der Waals surface area contributed by atoms with Gasteiger partial charge in [-0.05, 0) is 62.1 Å².